The monoisotopic (exact) mass is 234 g/mol. The van der Waals surface area contributed by atoms with E-state index in [2.05, 4.69) is 11.1 Å². The van der Waals surface area contributed by atoms with E-state index in [1.54, 1.807) is 17.4 Å². The normalized spacial score (nSPS) is 24.4. The van der Waals surface area contributed by atoms with Gasteiger partial charge in [-0.15, -0.1) is 11.3 Å². The summed E-state index contributed by atoms with van der Waals surface area (Å²) in [6, 6.07) is 4.84. The number of nitrogens with two attached hydrogens (primary N) is 1. The molecular weight excluding hydrogens is 223 g/mol. The standard InChI is InChI=1S/C12H11FN2S/c13-8-2-4-10-11(6-8)16-12(15-10)7-1-3-9(14)5-7/h1-4,6-7,9H,5,14H2. The van der Waals surface area contributed by atoms with Crippen molar-refractivity contribution in [3.63, 3.8) is 0 Å². The summed E-state index contributed by atoms with van der Waals surface area (Å²) in [6.07, 6.45) is 5.01. The lowest BCUT2D eigenvalue weighted by molar-refractivity contribution is 0.630. The number of benzene rings is 1. The van der Waals surface area contributed by atoms with E-state index in [0.717, 1.165) is 21.6 Å². The van der Waals surface area contributed by atoms with Gasteiger partial charge in [-0.2, -0.15) is 0 Å². The van der Waals surface area contributed by atoms with Gasteiger partial charge in [0.25, 0.3) is 0 Å². The van der Waals surface area contributed by atoms with Gasteiger partial charge in [-0.25, -0.2) is 9.37 Å². The number of allylic oxidation sites excluding steroid dienone is 1. The Morgan fingerprint density at radius 3 is 3.00 bits per heavy atom. The predicted octanol–water partition coefficient (Wildman–Crippen LogP) is 2.81. The molecule has 0 saturated heterocycles. The number of fused-ring (bicyclic) bond motifs is 1. The van der Waals surface area contributed by atoms with E-state index >= 15 is 0 Å². The number of rotatable bonds is 1. The second kappa shape index (κ2) is 3.64. The van der Waals surface area contributed by atoms with Crippen LogP contribution < -0.4 is 5.73 Å². The number of nitrogens with zero attached hydrogens (tertiary/aromatic N) is 1. The maximum atomic E-state index is 13.0. The SMILES string of the molecule is NC1C=CC(c2nc3ccc(F)cc3s2)C1. The van der Waals surface area contributed by atoms with Crippen molar-refractivity contribution in [2.24, 2.45) is 5.73 Å². The Morgan fingerprint density at radius 2 is 2.25 bits per heavy atom. The van der Waals surface area contributed by atoms with E-state index in [1.807, 2.05) is 6.08 Å². The molecule has 1 heterocycles. The molecule has 1 aromatic heterocycles. The number of hydrogen-bond donors (Lipinski definition) is 1. The first-order chi connectivity index (χ1) is 7.72. The van der Waals surface area contributed by atoms with Crippen LogP contribution in [-0.4, -0.2) is 11.0 Å². The first-order valence-corrected chi connectivity index (χ1v) is 6.04. The number of hydrogen-bond acceptors (Lipinski definition) is 3. The minimum atomic E-state index is -0.207. The number of thiazole rings is 1. The minimum absolute atomic E-state index is 0.133. The maximum absolute atomic E-state index is 13.0. The van der Waals surface area contributed by atoms with Crippen molar-refractivity contribution >= 4 is 21.6 Å². The largest absolute Gasteiger partial charge is 0.324 e. The molecule has 0 saturated carbocycles. The Bertz CT molecular complexity index is 561. The lowest BCUT2D eigenvalue weighted by Gasteiger charge is -2.03. The molecule has 0 aliphatic heterocycles. The van der Waals surface area contributed by atoms with Crippen molar-refractivity contribution in [3.8, 4) is 0 Å². The van der Waals surface area contributed by atoms with Gasteiger partial charge in [0.1, 0.15) is 10.8 Å². The fraction of sp³-hybridized carbons (Fsp3) is 0.250. The van der Waals surface area contributed by atoms with Crippen molar-refractivity contribution in [1.29, 1.82) is 0 Å². The zero-order valence-electron chi connectivity index (χ0n) is 8.56. The van der Waals surface area contributed by atoms with Gasteiger partial charge in [0.2, 0.25) is 0 Å². The Kier molecular flexibility index (Phi) is 2.26. The zero-order chi connectivity index (χ0) is 11.1. The molecule has 0 amide bonds. The lowest BCUT2D eigenvalue weighted by Crippen LogP contribution is -2.14. The molecule has 2 unspecified atom stereocenters. The van der Waals surface area contributed by atoms with Crippen LogP contribution in [0.1, 0.15) is 17.3 Å². The summed E-state index contributed by atoms with van der Waals surface area (Å²) in [7, 11) is 0. The molecule has 3 rings (SSSR count). The molecule has 0 spiro atoms. The predicted molar refractivity (Wildman–Crippen MR) is 64.1 cm³/mol. The van der Waals surface area contributed by atoms with Gasteiger partial charge >= 0.3 is 0 Å². The van der Waals surface area contributed by atoms with Gasteiger partial charge in [0.15, 0.2) is 0 Å². The molecule has 2 aromatic rings. The molecule has 1 aromatic carbocycles. The van der Waals surface area contributed by atoms with Crippen LogP contribution in [0, 0.1) is 5.82 Å². The van der Waals surface area contributed by atoms with E-state index < -0.39 is 0 Å². The summed E-state index contributed by atoms with van der Waals surface area (Å²) in [5.74, 6) is 0.0943. The summed E-state index contributed by atoms with van der Waals surface area (Å²) >= 11 is 1.55. The molecule has 0 fully saturated rings. The minimum Gasteiger partial charge on any atom is -0.324 e. The Morgan fingerprint density at radius 1 is 1.38 bits per heavy atom. The fourth-order valence-corrected chi connectivity index (χ4v) is 3.07. The molecule has 16 heavy (non-hydrogen) atoms. The van der Waals surface area contributed by atoms with Gasteiger partial charge in [-0.1, -0.05) is 12.2 Å². The number of halogens is 1. The van der Waals surface area contributed by atoms with Crippen LogP contribution in [0.2, 0.25) is 0 Å². The van der Waals surface area contributed by atoms with Gasteiger partial charge < -0.3 is 5.73 Å². The first-order valence-electron chi connectivity index (χ1n) is 5.22. The average molecular weight is 234 g/mol. The molecule has 0 radical (unpaired) electrons. The third kappa shape index (κ3) is 1.64. The molecular formula is C12H11FN2S. The van der Waals surface area contributed by atoms with Gasteiger partial charge in [-0.3, -0.25) is 0 Å². The smallest absolute Gasteiger partial charge is 0.124 e. The van der Waals surface area contributed by atoms with E-state index in [-0.39, 0.29) is 11.9 Å². The molecule has 2 atom stereocenters. The molecule has 4 heteroatoms. The highest BCUT2D eigenvalue weighted by atomic mass is 32.1. The Labute approximate surface area is 96.6 Å². The highest BCUT2D eigenvalue weighted by Gasteiger charge is 2.20. The quantitative estimate of drug-likeness (QED) is 0.771. The van der Waals surface area contributed by atoms with Crippen molar-refractivity contribution in [2.75, 3.05) is 0 Å². The second-order valence-corrected chi connectivity index (χ2v) is 5.12. The third-order valence-electron chi connectivity index (χ3n) is 2.80. The van der Waals surface area contributed by atoms with E-state index in [9.17, 15) is 4.39 Å². The fourth-order valence-electron chi connectivity index (χ4n) is 1.99. The Balaban J connectivity index is 2.02. The summed E-state index contributed by atoms with van der Waals surface area (Å²) < 4.78 is 13.9. The Hall–Kier alpha value is -1.26. The third-order valence-corrected chi connectivity index (χ3v) is 3.95. The van der Waals surface area contributed by atoms with Gasteiger partial charge in [0, 0.05) is 12.0 Å². The van der Waals surface area contributed by atoms with Crippen LogP contribution >= 0.6 is 11.3 Å². The number of aromatic nitrogens is 1. The maximum Gasteiger partial charge on any atom is 0.124 e. The van der Waals surface area contributed by atoms with Crippen molar-refractivity contribution in [3.05, 3.63) is 41.2 Å². The first kappa shape index (κ1) is 9.93. The zero-order valence-corrected chi connectivity index (χ0v) is 9.38. The average Bonchev–Trinajstić information content (AvgIpc) is 2.83. The molecule has 0 bridgehead atoms. The molecule has 2 N–H and O–H groups in total. The van der Waals surface area contributed by atoms with Crippen LogP contribution in [0.25, 0.3) is 10.2 Å². The van der Waals surface area contributed by atoms with E-state index in [1.165, 1.54) is 12.1 Å². The lowest BCUT2D eigenvalue weighted by atomic mass is 10.1. The molecule has 1 aliphatic rings. The summed E-state index contributed by atoms with van der Waals surface area (Å²) in [6.45, 7) is 0. The van der Waals surface area contributed by atoms with Crippen molar-refractivity contribution < 1.29 is 4.39 Å². The van der Waals surface area contributed by atoms with Crippen LogP contribution in [-0.2, 0) is 0 Å². The van der Waals surface area contributed by atoms with Crippen LogP contribution in [0.4, 0.5) is 4.39 Å². The molecule has 1 aliphatic carbocycles. The van der Waals surface area contributed by atoms with E-state index in [4.69, 9.17) is 5.73 Å². The van der Waals surface area contributed by atoms with Crippen molar-refractivity contribution in [2.45, 2.75) is 18.4 Å². The summed E-state index contributed by atoms with van der Waals surface area (Å²) in [4.78, 5) is 4.52. The molecule has 2 nitrogen and oxygen atoms in total. The van der Waals surface area contributed by atoms with Crippen molar-refractivity contribution in [1.82, 2.24) is 4.98 Å². The molecule has 82 valence electrons. The highest BCUT2D eigenvalue weighted by Crippen LogP contribution is 2.33. The van der Waals surface area contributed by atoms with E-state index in [0.29, 0.717) is 5.92 Å². The van der Waals surface area contributed by atoms with Crippen LogP contribution in [0.3, 0.4) is 0 Å². The second-order valence-electron chi connectivity index (χ2n) is 4.06. The highest BCUT2D eigenvalue weighted by molar-refractivity contribution is 7.18. The van der Waals surface area contributed by atoms with Crippen LogP contribution in [0.5, 0.6) is 0 Å². The topological polar surface area (TPSA) is 38.9 Å². The van der Waals surface area contributed by atoms with Gasteiger partial charge in [0.05, 0.1) is 10.2 Å². The van der Waals surface area contributed by atoms with Gasteiger partial charge in [-0.05, 0) is 24.6 Å². The summed E-state index contributed by atoms with van der Waals surface area (Å²) in [5.41, 5.74) is 6.68. The van der Waals surface area contributed by atoms with Crippen LogP contribution in [0.15, 0.2) is 30.4 Å². The summed E-state index contributed by atoms with van der Waals surface area (Å²) in [5, 5.41) is 1.03.